The van der Waals surface area contributed by atoms with Crippen LogP contribution >= 0.6 is 0 Å². The largest absolute Gasteiger partial charge is 0.497 e. The van der Waals surface area contributed by atoms with Crippen molar-refractivity contribution in [3.05, 3.63) is 30.0 Å². The molecule has 0 saturated heterocycles. The minimum absolute atomic E-state index is 0.471. The van der Waals surface area contributed by atoms with Crippen LogP contribution in [0.15, 0.2) is 24.4 Å². The van der Waals surface area contributed by atoms with E-state index in [1.807, 2.05) is 29.0 Å². The van der Waals surface area contributed by atoms with Gasteiger partial charge in [0.25, 0.3) is 0 Å². The van der Waals surface area contributed by atoms with Gasteiger partial charge in [-0.3, -0.25) is 0 Å². The van der Waals surface area contributed by atoms with Crippen molar-refractivity contribution < 1.29 is 14.3 Å². The molecule has 0 aliphatic heterocycles. The van der Waals surface area contributed by atoms with Crippen LogP contribution in [0.2, 0.25) is 0 Å². The molecule has 1 aliphatic rings. The maximum atomic E-state index is 10.5. The van der Waals surface area contributed by atoms with Crippen LogP contribution in [0.25, 0.3) is 0 Å². The Morgan fingerprint density at radius 1 is 1.39 bits per heavy atom. The SMILES string of the molecule is COc1ccc(CN(C=C=O)C2CC2)c(OC)c1. The van der Waals surface area contributed by atoms with Gasteiger partial charge in [-0.25, -0.2) is 4.79 Å². The highest BCUT2D eigenvalue weighted by Gasteiger charge is 2.27. The molecule has 1 saturated carbocycles. The van der Waals surface area contributed by atoms with Crippen molar-refractivity contribution in [1.82, 2.24) is 4.90 Å². The summed E-state index contributed by atoms with van der Waals surface area (Å²) in [5.41, 5.74) is 1.04. The molecule has 0 atom stereocenters. The van der Waals surface area contributed by atoms with Crippen LogP contribution in [0.5, 0.6) is 11.5 Å². The number of benzene rings is 1. The third kappa shape index (κ3) is 2.84. The number of hydrogen-bond acceptors (Lipinski definition) is 4. The van der Waals surface area contributed by atoms with E-state index in [0.717, 1.165) is 29.9 Å². The van der Waals surface area contributed by atoms with Gasteiger partial charge in [0, 0.05) is 24.2 Å². The zero-order chi connectivity index (χ0) is 13.0. The lowest BCUT2D eigenvalue weighted by molar-refractivity contribution is 0.342. The molecule has 0 bridgehead atoms. The number of ether oxygens (including phenoxy) is 2. The lowest BCUT2D eigenvalue weighted by atomic mass is 10.1. The van der Waals surface area contributed by atoms with Crippen LogP contribution in [-0.4, -0.2) is 31.1 Å². The molecule has 1 fully saturated rings. The van der Waals surface area contributed by atoms with Gasteiger partial charge in [0.1, 0.15) is 17.4 Å². The van der Waals surface area contributed by atoms with E-state index in [1.54, 1.807) is 14.2 Å². The molecule has 0 N–H and O–H groups in total. The van der Waals surface area contributed by atoms with Crippen molar-refractivity contribution in [1.29, 1.82) is 0 Å². The first-order chi connectivity index (χ1) is 8.78. The first kappa shape index (κ1) is 12.5. The number of rotatable bonds is 6. The maximum absolute atomic E-state index is 10.5. The second-order valence-corrected chi connectivity index (χ2v) is 4.33. The monoisotopic (exact) mass is 247 g/mol. The highest BCUT2D eigenvalue weighted by molar-refractivity contribution is 5.45. The van der Waals surface area contributed by atoms with Gasteiger partial charge in [-0.1, -0.05) is 0 Å². The van der Waals surface area contributed by atoms with Crippen molar-refractivity contribution in [2.45, 2.75) is 25.4 Å². The molecule has 0 spiro atoms. The third-order valence-corrected chi connectivity index (χ3v) is 3.08. The molecule has 4 heteroatoms. The van der Waals surface area contributed by atoms with E-state index in [0.29, 0.717) is 12.6 Å². The molecule has 0 heterocycles. The quantitative estimate of drug-likeness (QED) is 0.721. The first-order valence-electron chi connectivity index (χ1n) is 5.96. The molecule has 4 nitrogen and oxygen atoms in total. The Balaban J connectivity index is 2.18. The Morgan fingerprint density at radius 2 is 2.17 bits per heavy atom. The van der Waals surface area contributed by atoms with Gasteiger partial charge in [0.15, 0.2) is 0 Å². The van der Waals surface area contributed by atoms with Gasteiger partial charge < -0.3 is 14.4 Å². The molecule has 1 aromatic carbocycles. The molecular weight excluding hydrogens is 230 g/mol. The fourth-order valence-electron chi connectivity index (χ4n) is 1.93. The zero-order valence-electron chi connectivity index (χ0n) is 10.7. The summed E-state index contributed by atoms with van der Waals surface area (Å²) in [4.78, 5) is 12.5. The van der Waals surface area contributed by atoms with E-state index >= 15 is 0 Å². The molecule has 0 aromatic heterocycles. The average molecular weight is 247 g/mol. The normalized spacial score (nSPS) is 13.7. The Labute approximate surface area is 107 Å². The van der Waals surface area contributed by atoms with E-state index in [1.165, 1.54) is 6.20 Å². The highest BCUT2D eigenvalue weighted by atomic mass is 16.5. The van der Waals surface area contributed by atoms with Crippen LogP contribution in [0, 0.1) is 0 Å². The number of methoxy groups -OCH3 is 2. The fourth-order valence-corrected chi connectivity index (χ4v) is 1.93. The molecule has 96 valence electrons. The van der Waals surface area contributed by atoms with Gasteiger partial charge in [-0.15, -0.1) is 0 Å². The molecule has 0 unspecified atom stereocenters. The minimum atomic E-state index is 0.471. The topological polar surface area (TPSA) is 38.8 Å². The zero-order valence-corrected chi connectivity index (χ0v) is 10.7. The van der Waals surface area contributed by atoms with Crippen molar-refractivity contribution in [3.8, 4) is 11.5 Å². The van der Waals surface area contributed by atoms with Crippen molar-refractivity contribution >= 4 is 5.94 Å². The molecular formula is C14H17NO3. The summed E-state index contributed by atoms with van der Waals surface area (Å²) in [6.07, 6.45) is 3.76. The Bertz CT molecular complexity index is 462. The molecule has 0 radical (unpaired) electrons. The van der Waals surface area contributed by atoms with Crippen LogP contribution in [0.4, 0.5) is 0 Å². The lowest BCUT2D eigenvalue weighted by Gasteiger charge is -2.20. The minimum Gasteiger partial charge on any atom is -0.497 e. The summed E-state index contributed by atoms with van der Waals surface area (Å²) in [5, 5.41) is 0. The predicted molar refractivity (Wildman–Crippen MR) is 68.4 cm³/mol. The van der Waals surface area contributed by atoms with Crippen molar-refractivity contribution in [2.75, 3.05) is 14.2 Å². The smallest absolute Gasteiger partial charge is 0.142 e. The van der Waals surface area contributed by atoms with E-state index in [-0.39, 0.29) is 0 Å². The van der Waals surface area contributed by atoms with Gasteiger partial charge in [-0.2, -0.15) is 0 Å². The Kier molecular flexibility index (Phi) is 3.90. The molecule has 0 amide bonds. The van der Waals surface area contributed by atoms with E-state index in [4.69, 9.17) is 9.47 Å². The number of carbonyl (C=O) groups excluding carboxylic acids is 1. The summed E-state index contributed by atoms with van der Waals surface area (Å²) >= 11 is 0. The second-order valence-electron chi connectivity index (χ2n) is 4.33. The standard InChI is InChI=1S/C14H17NO3/c1-17-13-6-3-11(14(9-13)18-2)10-15(7-8-16)12-4-5-12/h3,6-7,9,12H,4-5,10H2,1-2H3. The summed E-state index contributed by atoms with van der Waals surface area (Å²) < 4.78 is 10.5. The van der Waals surface area contributed by atoms with Gasteiger partial charge in [-0.05, 0) is 25.0 Å². The van der Waals surface area contributed by atoms with Gasteiger partial charge in [0.2, 0.25) is 0 Å². The number of nitrogens with zero attached hydrogens (tertiary/aromatic N) is 1. The van der Waals surface area contributed by atoms with Crippen molar-refractivity contribution in [2.24, 2.45) is 0 Å². The van der Waals surface area contributed by atoms with Crippen molar-refractivity contribution in [3.63, 3.8) is 0 Å². The average Bonchev–Trinajstić information content (AvgIpc) is 3.23. The Hall–Kier alpha value is -1.93. The summed E-state index contributed by atoms with van der Waals surface area (Å²) in [7, 11) is 3.26. The summed E-state index contributed by atoms with van der Waals surface area (Å²) in [5.74, 6) is 3.40. The van der Waals surface area contributed by atoms with Crippen LogP contribution in [0.3, 0.4) is 0 Å². The van der Waals surface area contributed by atoms with Crippen LogP contribution in [-0.2, 0) is 11.3 Å². The van der Waals surface area contributed by atoms with E-state index in [2.05, 4.69) is 0 Å². The van der Waals surface area contributed by atoms with Crippen LogP contribution in [0.1, 0.15) is 18.4 Å². The highest BCUT2D eigenvalue weighted by Crippen LogP contribution is 2.31. The summed E-state index contributed by atoms with van der Waals surface area (Å²) in [6.45, 7) is 0.660. The summed E-state index contributed by atoms with van der Waals surface area (Å²) in [6, 6.07) is 6.18. The molecule has 1 aliphatic carbocycles. The molecule has 18 heavy (non-hydrogen) atoms. The van der Waals surface area contributed by atoms with Gasteiger partial charge >= 0.3 is 0 Å². The first-order valence-corrected chi connectivity index (χ1v) is 5.96. The Morgan fingerprint density at radius 3 is 2.72 bits per heavy atom. The third-order valence-electron chi connectivity index (χ3n) is 3.08. The molecule has 2 rings (SSSR count). The fraction of sp³-hybridized carbons (Fsp3) is 0.429. The predicted octanol–water partition coefficient (Wildman–Crippen LogP) is 2.01. The van der Waals surface area contributed by atoms with Gasteiger partial charge in [0.05, 0.1) is 20.4 Å². The molecule has 1 aromatic rings. The lowest BCUT2D eigenvalue weighted by Crippen LogP contribution is -2.19. The van der Waals surface area contributed by atoms with E-state index < -0.39 is 0 Å². The van der Waals surface area contributed by atoms with Crippen LogP contribution < -0.4 is 9.47 Å². The maximum Gasteiger partial charge on any atom is 0.142 e. The second kappa shape index (κ2) is 5.61. The van der Waals surface area contributed by atoms with E-state index in [9.17, 15) is 4.79 Å². The number of hydrogen-bond donors (Lipinski definition) is 0.